The van der Waals surface area contributed by atoms with Gasteiger partial charge in [0.15, 0.2) is 0 Å². The minimum atomic E-state index is -4.82. The van der Waals surface area contributed by atoms with Gasteiger partial charge in [-0.05, 0) is 25.1 Å². The molecule has 2 rings (SSSR count). The Morgan fingerprint density at radius 1 is 1.21 bits per heavy atom. The van der Waals surface area contributed by atoms with Crippen LogP contribution in [0.15, 0.2) is 30.6 Å². The fourth-order valence-electron chi connectivity index (χ4n) is 1.89. The van der Waals surface area contributed by atoms with Gasteiger partial charge in [0.2, 0.25) is 6.23 Å². The Hall–Kier alpha value is -2.30. The number of alkyl halides is 6. The van der Waals surface area contributed by atoms with Gasteiger partial charge in [-0.1, -0.05) is 5.21 Å². The first kappa shape index (κ1) is 18.0. The fourth-order valence-corrected chi connectivity index (χ4v) is 1.89. The molecule has 1 aromatic heterocycles. The van der Waals surface area contributed by atoms with E-state index in [-0.39, 0.29) is 12.3 Å². The zero-order valence-corrected chi connectivity index (χ0v) is 12.2. The Morgan fingerprint density at radius 3 is 2.42 bits per heavy atom. The van der Waals surface area contributed by atoms with E-state index in [1.54, 1.807) is 0 Å². The van der Waals surface area contributed by atoms with Crippen molar-refractivity contribution in [3.8, 4) is 5.69 Å². The molecular formula is C13H12F6N4O. The highest BCUT2D eigenvalue weighted by molar-refractivity contribution is 5.63. The summed E-state index contributed by atoms with van der Waals surface area (Å²) in [7, 11) is 0. The molecule has 24 heavy (non-hydrogen) atoms. The van der Waals surface area contributed by atoms with Crippen LogP contribution in [-0.2, 0) is 10.9 Å². The van der Waals surface area contributed by atoms with Crippen LogP contribution in [0.2, 0.25) is 0 Å². The van der Waals surface area contributed by atoms with Gasteiger partial charge >= 0.3 is 12.4 Å². The average Bonchev–Trinajstić information content (AvgIpc) is 2.98. The van der Waals surface area contributed by atoms with Crippen molar-refractivity contribution in [1.82, 2.24) is 15.0 Å². The van der Waals surface area contributed by atoms with E-state index in [4.69, 9.17) is 0 Å². The number of ether oxygens (including phenoxy) is 1. The Bertz CT molecular complexity index is 668. The van der Waals surface area contributed by atoms with Crippen LogP contribution in [-0.4, -0.2) is 34.0 Å². The average molecular weight is 354 g/mol. The van der Waals surface area contributed by atoms with E-state index in [1.807, 2.05) is 5.32 Å². The summed E-state index contributed by atoms with van der Waals surface area (Å²) in [6.07, 6.45) is -9.46. The van der Waals surface area contributed by atoms with Gasteiger partial charge < -0.3 is 10.1 Å². The quantitative estimate of drug-likeness (QED) is 0.658. The van der Waals surface area contributed by atoms with Gasteiger partial charge in [0.05, 0.1) is 29.3 Å². The van der Waals surface area contributed by atoms with Gasteiger partial charge in [-0.15, -0.1) is 5.10 Å². The molecule has 0 saturated carbocycles. The zero-order valence-electron chi connectivity index (χ0n) is 12.2. The van der Waals surface area contributed by atoms with Crippen molar-refractivity contribution >= 4 is 5.69 Å². The van der Waals surface area contributed by atoms with E-state index in [0.717, 1.165) is 16.8 Å². The number of aromatic nitrogens is 3. The molecule has 11 heteroatoms. The van der Waals surface area contributed by atoms with Gasteiger partial charge in [0.1, 0.15) is 0 Å². The predicted molar refractivity (Wildman–Crippen MR) is 71.5 cm³/mol. The third-order valence-corrected chi connectivity index (χ3v) is 2.91. The number of anilines is 1. The van der Waals surface area contributed by atoms with Crippen molar-refractivity contribution in [3.63, 3.8) is 0 Å². The molecule has 0 spiro atoms. The van der Waals surface area contributed by atoms with E-state index < -0.39 is 29.8 Å². The van der Waals surface area contributed by atoms with Crippen molar-refractivity contribution in [2.24, 2.45) is 0 Å². The fraction of sp³-hybridized carbons (Fsp3) is 0.385. The first-order valence-corrected chi connectivity index (χ1v) is 6.65. The van der Waals surface area contributed by atoms with E-state index in [2.05, 4.69) is 15.0 Å². The summed E-state index contributed by atoms with van der Waals surface area (Å²) < 4.78 is 83.0. The van der Waals surface area contributed by atoms with Gasteiger partial charge in [-0.25, -0.2) is 4.68 Å². The minimum absolute atomic E-state index is 0.0329. The lowest BCUT2D eigenvalue weighted by Crippen LogP contribution is -2.39. The Balaban J connectivity index is 2.47. The van der Waals surface area contributed by atoms with Gasteiger partial charge in [0, 0.05) is 6.61 Å². The topological polar surface area (TPSA) is 52.0 Å². The summed E-state index contributed by atoms with van der Waals surface area (Å²) in [5.74, 6) is 0. The SMILES string of the molecule is CCOC(Nc1cc(C(F)(F)F)ccc1-n1ccnn1)C(F)(F)F. The highest BCUT2D eigenvalue weighted by atomic mass is 19.4. The van der Waals surface area contributed by atoms with Crippen LogP contribution in [0.3, 0.4) is 0 Å². The van der Waals surface area contributed by atoms with Crippen LogP contribution in [0.4, 0.5) is 32.0 Å². The number of hydrogen-bond acceptors (Lipinski definition) is 4. The summed E-state index contributed by atoms with van der Waals surface area (Å²) in [5.41, 5.74) is -1.58. The summed E-state index contributed by atoms with van der Waals surface area (Å²) >= 11 is 0. The highest BCUT2D eigenvalue weighted by Gasteiger charge is 2.41. The van der Waals surface area contributed by atoms with E-state index in [9.17, 15) is 26.3 Å². The second kappa shape index (κ2) is 6.67. The molecule has 0 amide bonds. The Morgan fingerprint density at radius 2 is 1.92 bits per heavy atom. The van der Waals surface area contributed by atoms with Crippen LogP contribution in [0, 0.1) is 0 Å². The lowest BCUT2D eigenvalue weighted by atomic mass is 10.1. The molecule has 0 fully saturated rings. The summed E-state index contributed by atoms with van der Waals surface area (Å²) in [5, 5.41) is 9.02. The van der Waals surface area contributed by atoms with Crippen molar-refractivity contribution < 1.29 is 31.1 Å². The monoisotopic (exact) mass is 354 g/mol. The van der Waals surface area contributed by atoms with E-state index in [0.29, 0.717) is 6.07 Å². The second-order valence-corrected chi connectivity index (χ2v) is 4.60. The molecule has 2 aromatic rings. The third-order valence-electron chi connectivity index (χ3n) is 2.91. The second-order valence-electron chi connectivity index (χ2n) is 4.60. The number of hydrogen-bond donors (Lipinski definition) is 1. The molecule has 0 bridgehead atoms. The highest BCUT2D eigenvalue weighted by Crippen LogP contribution is 2.34. The number of halogens is 6. The zero-order chi connectivity index (χ0) is 18.0. The number of nitrogens with one attached hydrogen (secondary N) is 1. The van der Waals surface area contributed by atoms with Crippen LogP contribution in [0.5, 0.6) is 0 Å². The van der Waals surface area contributed by atoms with Crippen LogP contribution < -0.4 is 5.32 Å². The Labute approximate surface area is 132 Å². The molecule has 1 N–H and O–H groups in total. The van der Waals surface area contributed by atoms with Crippen LogP contribution in [0.1, 0.15) is 12.5 Å². The molecule has 0 radical (unpaired) electrons. The smallest absolute Gasteiger partial charge is 0.351 e. The van der Waals surface area contributed by atoms with Gasteiger partial charge in [0.25, 0.3) is 0 Å². The first-order valence-electron chi connectivity index (χ1n) is 6.65. The summed E-state index contributed by atoms with van der Waals surface area (Å²) in [6, 6.07) is 2.31. The molecule has 1 unspecified atom stereocenters. The van der Waals surface area contributed by atoms with Crippen LogP contribution in [0.25, 0.3) is 5.69 Å². The lowest BCUT2D eigenvalue weighted by molar-refractivity contribution is -0.209. The van der Waals surface area contributed by atoms with Gasteiger partial charge in [-0.2, -0.15) is 26.3 Å². The standard InChI is InChI=1S/C13H12F6N4O/c1-2-24-11(13(17,18)19)21-9-7-8(12(14,15)16)3-4-10(9)23-6-5-20-22-23/h3-7,11,21H,2H2,1H3. The maximum absolute atomic E-state index is 13.0. The van der Waals surface area contributed by atoms with Crippen molar-refractivity contribution in [2.75, 3.05) is 11.9 Å². The third kappa shape index (κ3) is 4.16. The van der Waals surface area contributed by atoms with Crippen molar-refractivity contribution in [3.05, 3.63) is 36.2 Å². The molecule has 0 aliphatic heterocycles. The van der Waals surface area contributed by atoms with E-state index in [1.165, 1.54) is 19.3 Å². The minimum Gasteiger partial charge on any atom is -0.351 e. The van der Waals surface area contributed by atoms with Crippen LogP contribution >= 0.6 is 0 Å². The molecule has 1 atom stereocenters. The van der Waals surface area contributed by atoms with Crippen molar-refractivity contribution in [2.45, 2.75) is 25.5 Å². The largest absolute Gasteiger partial charge is 0.433 e. The molecule has 0 aliphatic rings. The number of rotatable bonds is 5. The predicted octanol–water partition coefficient (Wildman–Crippen LogP) is 3.62. The lowest BCUT2D eigenvalue weighted by Gasteiger charge is -2.24. The summed E-state index contributed by atoms with van der Waals surface area (Å²) in [6.45, 7) is 1.06. The normalized spacial score (nSPS) is 13.8. The van der Waals surface area contributed by atoms with Crippen molar-refractivity contribution in [1.29, 1.82) is 0 Å². The first-order chi connectivity index (χ1) is 11.1. The Kier molecular flexibility index (Phi) is 5.02. The van der Waals surface area contributed by atoms with Gasteiger partial charge in [-0.3, -0.25) is 0 Å². The maximum Gasteiger partial charge on any atom is 0.433 e. The maximum atomic E-state index is 13.0. The molecule has 1 heterocycles. The molecule has 5 nitrogen and oxygen atoms in total. The molecule has 0 aliphatic carbocycles. The number of benzene rings is 1. The van der Waals surface area contributed by atoms with E-state index >= 15 is 0 Å². The molecule has 1 aromatic carbocycles. The molecule has 132 valence electrons. The number of nitrogens with zero attached hydrogens (tertiary/aromatic N) is 3. The summed E-state index contributed by atoms with van der Waals surface area (Å²) in [4.78, 5) is 0. The molecular weight excluding hydrogens is 342 g/mol. The molecule has 0 saturated heterocycles.